The fourth-order valence-electron chi connectivity index (χ4n) is 1.31. The first kappa shape index (κ1) is 14.6. The number of nitrogens with one attached hydrogen (secondary N) is 1. The van der Waals surface area contributed by atoms with Crippen molar-refractivity contribution in [3.05, 3.63) is 12.2 Å². The zero-order chi connectivity index (χ0) is 12.1. The van der Waals surface area contributed by atoms with Crippen LogP contribution < -0.4 is 4.72 Å². The predicted molar refractivity (Wildman–Crippen MR) is 65.3 cm³/mol. The normalized spacial score (nSPS) is 16.0. The highest BCUT2D eigenvalue weighted by atomic mass is 32.2. The molecule has 0 saturated carbocycles. The van der Waals surface area contributed by atoms with Crippen LogP contribution in [0.2, 0.25) is 0 Å². The summed E-state index contributed by atoms with van der Waals surface area (Å²) >= 11 is 0. The smallest absolute Gasteiger partial charge is 0.208 e. The van der Waals surface area contributed by atoms with Crippen LogP contribution in [-0.4, -0.2) is 21.2 Å². The van der Waals surface area contributed by atoms with Gasteiger partial charge in [-0.2, -0.15) is 0 Å². The van der Waals surface area contributed by atoms with Gasteiger partial charge in [-0.25, -0.2) is 13.1 Å². The molecular formula is C11H23NO2S. The third-order valence-corrected chi connectivity index (χ3v) is 3.51. The maximum absolute atomic E-state index is 11.0. The second-order valence-corrected chi connectivity index (χ2v) is 6.37. The Bertz CT molecular complexity index is 309. The Morgan fingerprint density at radius 1 is 1.47 bits per heavy atom. The summed E-state index contributed by atoms with van der Waals surface area (Å²) in [6.07, 6.45) is 4.36. The Kier molecular flexibility index (Phi) is 5.53. The molecule has 0 radical (unpaired) electrons. The molecule has 0 fully saturated rings. The lowest BCUT2D eigenvalue weighted by Gasteiger charge is -2.30. The van der Waals surface area contributed by atoms with E-state index >= 15 is 0 Å². The molecule has 0 amide bonds. The van der Waals surface area contributed by atoms with Crippen molar-refractivity contribution in [1.82, 2.24) is 4.72 Å². The van der Waals surface area contributed by atoms with Crippen molar-refractivity contribution in [3.63, 3.8) is 0 Å². The van der Waals surface area contributed by atoms with Crippen LogP contribution in [-0.2, 0) is 10.0 Å². The Labute approximate surface area is 94.0 Å². The number of unbranched alkanes of at least 4 members (excludes halogenated alkanes) is 1. The molecule has 0 spiro atoms. The average molecular weight is 233 g/mol. The van der Waals surface area contributed by atoms with Gasteiger partial charge in [-0.3, -0.25) is 0 Å². The first-order valence-corrected chi connectivity index (χ1v) is 7.21. The van der Waals surface area contributed by atoms with Gasteiger partial charge in [0.2, 0.25) is 10.0 Å². The van der Waals surface area contributed by atoms with Gasteiger partial charge in [0.25, 0.3) is 0 Å². The predicted octanol–water partition coefficient (Wildman–Crippen LogP) is 2.31. The SMILES string of the molecule is C=C(C)C(C)(CCCC)CNS(C)(=O)=O. The van der Waals surface area contributed by atoms with Crippen molar-refractivity contribution >= 4 is 10.0 Å². The lowest BCUT2D eigenvalue weighted by molar-refractivity contribution is 0.351. The molecule has 0 saturated heterocycles. The van der Waals surface area contributed by atoms with Gasteiger partial charge in [0, 0.05) is 12.0 Å². The molecule has 0 rings (SSSR count). The Morgan fingerprint density at radius 2 is 2.00 bits per heavy atom. The van der Waals surface area contributed by atoms with Crippen LogP contribution in [0.3, 0.4) is 0 Å². The Hall–Kier alpha value is -0.350. The van der Waals surface area contributed by atoms with E-state index in [-0.39, 0.29) is 5.41 Å². The second kappa shape index (κ2) is 5.66. The van der Waals surface area contributed by atoms with Crippen molar-refractivity contribution in [3.8, 4) is 0 Å². The molecule has 1 unspecified atom stereocenters. The van der Waals surface area contributed by atoms with Gasteiger partial charge in [0.15, 0.2) is 0 Å². The maximum Gasteiger partial charge on any atom is 0.208 e. The quantitative estimate of drug-likeness (QED) is 0.686. The summed E-state index contributed by atoms with van der Waals surface area (Å²) in [4.78, 5) is 0. The molecule has 15 heavy (non-hydrogen) atoms. The van der Waals surface area contributed by atoms with Crippen LogP contribution in [0, 0.1) is 5.41 Å². The van der Waals surface area contributed by atoms with Crippen molar-refractivity contribution in [2.75, 3.05) is 12.8 Å². The topological polar surface area (TPSA) is 46.2 Å². The zero-order valence-corrected chi connectivity index (χ0v) is 11.1. The van der Waals surface area contributed by atoms with E-state index in [1.54, 1.807) is 0 Å². The van der Waals surface area contributed by atoms with Crippen LogP contribution in [0.15, 0.2) is 12.2 Å². The van der Waals surface area contributed by atoms with Crippen molar-refractivity contribution in [2.45, 2.75) is 40.0 Å². The van der Waals surface area contributed by atoms with Crippen LogP contribution in [0.5, 0.6) is 0 Å². The number of hydrogen-bond acceptors (Lipinski definition) is 2. The summed E-state index contributed by atoms with van der Waals surface area (Å²) in [5.41, 5.74) is 0.908. The lowest BCUT2D eigenvalue weighted by atomic mass is 9.79. The molecule has 4 heteroatoms. The monoisotopic (exact) mass is 233 g/mol. The number of sulfonamides is 1. The lowest BCUT2D eigenvalue weighted by Crippen LogP contribution is -2.35. The highest BCUT2D eigenvalue weighted by Gasteiger charge is 2.25. The van der Waals surface area contributed by atoms with E-state index in [9.17, 15) is 8.42 Å². The summed E-state index contributed by atoms with van der Waals surface area (Å²) in [5, 5.41) is 0. The van der Waals surface area contributed by atoms with E-state index in [2.05, 4.69) is 25.1 Å². The fraction of sp³-hybridized carbons (Fsp3) is 0.818. The largest absolute Gasteiger partial charge is 0.215 e. The highest BCUT2D eigenvalue weighted by molar-refractivity contribution is 7.88. The van der Waals surface area contributed by atoms with Gasteiger partial charge in [-0.1, -0.05) is 38.8 Å². The van der Waals surface area contributed by atoms with Crippen molar-refractivity contribution in [2.24, 2.45) is 5.41 Å². The fourth-order valence-corrected chi connectivity index (χ4v) is 1.89. The van der Waals surface area contributed by atoms with Gasteiger partial charge >= 0.3 is 0 Å². The Morgan fingerprint density at radius 3 is 2.33 bits per heavy atom. The van der Waals surface area contributed by atoms with Crippen LogP contribution >= 0.6 is 0 Å². The van der Waals surface area contributed by atoms with Gasteiger partial charge in [0.05, 0.1) is 6.26 Å². The third-order valence-electron chi connectivity index (χ3n) is 2.84. The third kappa shape index (κ3) is 5.95. The molecule has 0 aliphatic rings. The van der Waals surface area contributed by atoms with Gasteiger partial charge in [-0.05, 0) is 13.3 Å². The second-order valence-electron chi connectivity index (χ2n) is 4.54. The first-order valence-electron chi connectivity index (χ1n) is 5.32. The van der Waals surface area contributed by atoms with E-state index in [4.69, 9.17) is 0 Å². The van der Waals surface area contributed by atoms with Gasteiger partial charge in [0.1, 0.15) is 0 Å². The molecule has 0 aromatic rings. The molecule has 0 bridgehead atoms. The minimum absolute atomic E-state index is 0.126. The van der Waals surface area contributed by atoms with E-state index in [0.717, 1.165) is 24.8 Å². The molecule has 90 valence electrons. The number of rotatable bonds is 7. The maximum atomic E-state index is 11.0. The summed E-state index contributed by atoms with van der Waals surface area (Å²) < 4.78 is 24.6. The molecule has 0 aromatic carbocycles. The van der Waals surface area contributed by atoms with E-state index in [1.165, 1.54) is 6.26 Å². The van der Waals surface area contributed by atoms with Crippen LogP contribution in [0.4, 0.5) is 0 Å². The molecule has 3 nitrogen and oxygen atoms in total. The highest BCUT2D eigenvalue weighted by Crippen LogP contribution is 2.30. The van der Waals surface area contributed by atoms with Crippen LogP contribution in [0.25, 0.3) is 0 Å². The zero-order valence-electron chi connectivity index (χ0n) is 10.3. The average Bonchev–Trinajstić information content (AvgIpc) is 2.10. The molecule has 0 aliphatic heterocycles. The minimum Gasteiger partial charge on any atom is -0.215 e. The molecule has 0 aliphatic carbocycles. The van der Waals surface area contributed by atoms with Crippen LogP contribution in [0.1, 0.15) is 40.0 Å². The first-order chi connectivity index (χ1) is 6.71. The van der Waals surface area contributed by atoms with E-state index in [0.29, 0.717) is 6.54 Å². The molecule has 0 aromatic heterocycles. The van der Waals surface area contributed by atoms with Gasteiger partial charge in [-0.15, -0.1) is 0 Å². The number of hydrogen-bond donors (Lipinski definition) is 1. The minimum atomic E-state index is -3.11. The van der Waals surface area contributed by atoms with Crippen molar-refractivity contribution in [1.29, 1.82) is 0 Å². The molecule has 1 atom stereocenters. The summed E-state index contributed by atoms with van der Waals surface area (Å²) in [5.74, 6) is 0. The van der Waals surface area contributed by atoms with E-state index < -0.39 is 10.0 Å². The van der Waals surface area contributed by atoms with E-state index in [1.807, 2.05) is 6.92 Å². The standard InChI is InChI=1S/C11H23NO2S/c1-6-7-8-11(4,10(2)3)9-12-15(5,13)14/h12H,2,6-9H2,1,3-5H3. The van der Waals surface area contributed by atoms with Gasteiger partial charge < -0.3 is 0 Å². The van der Waals surface area contributed by atoms with Crippen molar-refractivity contribution < 1.29 is 8.42 Å². The molecule has 1 N–H and O–H groups in total. The molecular weight excluding hydrogens is 210 g/mol. The summed E-state index contributed by atoms with van der Waals surface area (Å²) in [6.45, 7) is 10.5. The Balaban J connectivity index is 4.45. The summed E-state index contributed by atoms with van der Waals surface area (Å²) in [6, 6.07) is 0. The molecule has 0 heterocycles. The summed E-state index contributed by atoms with van der Waals surface area (Å²) in [7, 11) is -3.11.